The number of fused-ring (bicyclic) bond motifs is 3. The van der Waals surface area contributed by atoms with E-state index in [1.807, 2.05) is 37.3 Å². The molecule has 4 heteroatoms. The zero-order valence-electron chi connectivity index (χ0n) is 13.4. The Balaban J connectivity index is 2.22. The smallest absolute Gasteiger partial charge is 0.173 e. The molecule has 0 amide bonds. The van der Waals surface area contributed by atoms with E-state index in [-0.39, 0.29) is 23.1 Å². The van der Waals surface area contributed by atoms with E-state index in [1.165, 1.54) is 7.11 Å². The van der Waals surface area contributed by atoms with E-state index in [0.717, 1.165) is 5.57 Å². The lowest BCUT2D eigenvalue weighted by molar-refractivity contribution is -0.126. The van der Waals surface area contributed by atoms with Crippen molar-refractivity contribution in [3.8, 4) is 5.75 Å². The van der Waals surface area contributed by atoms with Gasteiger partial charge >= 0.3 is 0 Å². The van der Waals surface area contributed by atoms with Crippen LogP contribution in [-0.2, 0) is 14.3 Å². The fourth-order valence-corrected chi connectivity index (χ4v) is 3.09. The molecular weight excluding hydrogens is 292 g/mol. The SMILES string of the molecule is CO/C1=C2\C(=O)CC[C@H](C/C=C(/C)COc3ccccc31)C2=O. The Bertz CT molecular complexity index is 712. The number of hydrogen-bond donors (Lipinski definition) is 0. The molecule has 1 saturated carbocycles. The fourth-order valence-electron chi connectivity index (χ4n) is 3.09. The van der Waals surface area contributed by atoms with Crippen molar-refractivity contribution in [3.63, 3.8) is 0 Å². The zero-order valence-corrected chi connectivity index (χ0v) is 13.4. The number of carbonyl (C=O) groups is 2. The second-order valence-electron chi connectivity index (χ2n) is 6.00. The Morgan fingerprint density at radius 2 is 2.00 bits per heavy atom. The predicted octanol–water partition coefficient (Wildman–Crippen LogP) is 3.32. The van der Waals surface area contributed by atoms with Crippen LogP contribution in [0.1, 0.15) is 31.7 Å². The molecule has 2 bridgehead atoms. The summed E-state index contributed by atoms with van der Waals surface area (Å²) < 4.78 is 11.4. The normalized spacial score (nSPS) is 27.2. The summed E-state index contributed by atoms with van der Waals surface area (Å²) in [6, 6.07) is 7.36. The summed E-state index contributed by atoms with van der Waals surface area (Å²) in [6.45, 7) is 2.45. The van der Waals surface area contributed by atoms with Gasteiger partial charge in [0.15, 0.2) is 11.6 Å². The van der Waals surface area contributed by atoms with Gasteiger partial charge in [-0.3, -0.25) is 9.59 Å². The fraction of sp³-hybridized carbons (Fsp3) is 0.368. The van der Waals surface area contributed by atoms with Crippen LogP contribution in [0.25, 0.3) is 5.76 Å². The summed E-state index contributed by atoms with van der Waals surface area (Å²) >= 11 is 0. The van der Waals surface area contributed by atoms with Gasteiger partial charge in [-0.25, -0.2) is 0 Å². The van der Waals surface area contributed by atoms with Gasteiger partial charge in [-0.15, -0.1) is 0 Å². The van der Waals surface area contributed by atoms with E-state index in [0.29, 0.717) is 42.9 Å². The number of rotatable bonds is 1. The molecule has 0 aromatic heterocycles. The van der Waals surface area contributed by atoms with Gasteiger partial charge in [0.05, 0.1) is 12.7 Å². The number of methoxy groups -OCH3 is 1. The minimum absolute atomic E-state index is 0.112. The second kappa shape index (κ2) is 6.41. The molecule has 4 nitrogen and oxygen atoms in total. The third-order valence-electron chi connectivity index (χ3n) is 4.38. The van der Waals surface area contributed by atoms with E-state index in [1.54, 1.807) is 0 Å². The standard InChI is InChI=1S/C19H20O4/c1-12-7-8-13-9-10-15(20)17(18(13)21)19(22-2)14-5-3-4-6-16(14)23-11-12/h3-7,13H,8-11H2,1-2H3/b12-7-,19-17+/t13-/m0/s1. The van der Waals surface area contributed by atoms with Crippen molar-refractivity contribution in [3.05, 3.63) is 47.1 Å². The molecule has 0 N–H and O–H groups in total. The third-order valence-corrected chi connectivity index (χ3v) is 4.38. The highest BCUT2D eigenvalue weighted by atomic mass is 16.5. The Morgan fingerprint density at radius 3 is 2.78 bits per heavy atom. The van der Waals surface area contributed by atoms with Crippen LogP contribution in [-0.4, -0.2) is 25.3 Å². The van der Waals surface area contributed by atoms with Crippen LogP contribution in [0.3, 0.4) is 0 Å². The first-order chi connectivity index (χ1) is 11.1. The summed E-state index contributed by atoms with van der Waals surface area (Å²) in [5.74, 6) is 0.541. The molecule has 0 unspecified atom stereocenters. The molecule has 1 atom stereocenters. The number of ether oxygens (including phenoxy) is 2. The van der Waals surface area contributed by atoms with Crippen LogP contribution in [0.2, 0.25) is 0 Å². The van der Waals surface area contributed by atoms with Gasteiger partial charge in [0, 0.05) is 12.3 Å². The number of ketones is 2. The molecule has 1 aromatic rings. The molecule has 120 valence electrons. The first-order valence-electron chi connectivity index (χ1n) is 7.85. The van der Waals surface area contributed by atoms with Gasteiger partial charge in [0.25, 0.3) is 0 Å². The first kappa shape index (κ1) is 15.5. The molecule has 0 saturated heterocycles. The van der Waals surface area contributed by atoms with Crippen molar-refractivity contribution in [1.82, 2.24) is 0 Å². The van der Waals surface area contributed by atoms with Crippen LogP contribution in [0.15, 0.2) is 41.5 Å². The Morgan fingerprint density at radius 1 is 1.22 bits per heavy atom. The summed E-state index contributed by atoms with van der Waals surface area (Å²) in [7, 11) is 1.49. The van der Waals surface area contributed by atoms with Gasteiger partial charge in [0.1, 0.15) is 23.7 Å². The molecule has 2 aliphatic rings. The molecular formula is C19H20O4. The van der Waals surface area contributed by atoms with Crippen molar-refractivity contribution in [2.45, 2.75) is 26.2 Å². The van der Waals surface area contributed by atoms with Crippen LogP contribution < -0.4 is 4.74 Å². The molecule has 0 spiro atoms. The zero-order chi connectivity index (χ0) is 16.4. The lowest BCUT2D eigenvalue weighted by Gasteiger charge is -2.23. The predicted molar refractivity (Wildman–Crippen MR) is 87.0 cm³/mol. The summed E-state index contributed by atoms with van der Waals surface area (Å²) in [5.41, 5.74) is 1.92. The average Bonchev–Trinajstić information content (AvgIpc) is 2.57. The van der Waals surface area contributed by atoms with E-state index < -0.39 is 0 Å². The van der Waals surface area contributed by atoms with Crippen molar-refractivity contribution in [2.75, 3.05) is 13.7 Å². The minimum atomic E-state index is -0.159. The first-order valence-corrected chi connectivity index (χ1v) is 7.85. The van der Waals surface area contributed by atoms with Gasteiger partial charge in [0.2, 0.25) is 0 Å². The highest BCUT2D eigenvalue weighted by molar-refractivity contribution is 6.26. The Hall–Kier alpha value is -2.36. The van der Waals surface area contributed by atoms with Gasteiger partial charge in [-0.05, 0) is 37.5 Å². The topological polar surface area (TPSA) is 52.6 Å². The van der Waals surface area contributed by atoms with Crippen molar-refractivity contribution in [1.29, 1.82) is 0 Å². The molecule has 23 heavy (non-hydrogen) atoms. The van der Waals surface area contributed by atoms with Crippen molar-refractivity contribution < 1.29 is 19.1 Å². The van der Waals surface area contributed by atoms with Crippen LogP contribution in [0.5, 0.6) is 5.75 Å². The molecule has 1 fully saturated rings. The number of Topliss-reactive ketones (excluding diaryl/α,β-unsaturated/α-hetero) is 2. The molecule has 0 radical (unpaired) electrons. The monoisotopic (exact) mass is 312 g/mol. The molecule has 1 aromatic carbocycles. The summed E-state index contributed by atoms with van der Waals surface area (Å²) in [4.78, 5) is 25.2. The highest BCUT2D eigenvalue weighted by Gasteiger charge is 2.35. The minimum Gasteiger partial charge on any atom is -0.495 e. The largest absolute Gasteiger partial charge is 0.495 e. The maximum Gasteiger partial charge on any atom is 0.173 e. The lowest BCUT2D eigenvalue weighted by atomic mass is 9.80. The maximum absolute atomic E-state index is 12.8. The van der Waals surface area contributed by atoms with E-state index in [2.05, 4.69) is 0 Å². The number of carbonyl (C=O) groups excluding carboxylic acids is 2. The van der Waals surface area contributed by atoms with Crippen molar-refractivity contribution in [2.24, 2.45) is 5.92 Å². The number of hydrogen-bond acceptors (Lipinski definition) is 4. The Kier molecular flexibility index (Phi) is 4.33. The number of allylic oxidation sites excluding steroid dienone is 2. The molecule has 1 heterocycles. The lowest BCUT2D eigenvalue weighted by Crippen LogP contribution is -2.29. The summed E-state index contributed by atoms with van der Waals surface area (Å²) in [5, 5.41) is 0. The van der Waals surface area contributed by atoms with Gasteiger partial charge < -0.3 is 9.47 Å². The van der Waals surface area contributed by atoms with E-state index in [4.69, 9.17) is 9.47 Å². The van der Waals surface area contributed by atoms with Gasteiger partial charge in [-0.2, -0.15) is 0 Å². The third kappa shape index (κ3) is 2.93. The maximum atomic E-state index is 12.8. The van der Waals surface area contributed by atoms with Gasteiger partial charge in [-0.1, -0.05) is 18.2 Å². The number of benzene rings is 1. The van der Waals surface area contributed by atoms with Crippen LogP contribution >= 0.6 is 0 Å². The van der Waals surface area contributed by atoms with Crippen LogP contribution in [0.4, 0.5) is 0 Å². The second-order valence-corrected chi connectivity index (χ2v) is 6.00. The quantitative estimate of drug-likeness (QED) is 0.589. The van der Waals surface area contributed by atoms with E-state index in [9.17, 15) is 9.59 Å². The van der Waals surface area contributed by atoms with Crippen molar-refractivity contribution >= 4 is 17.3 Å². The molecule has 1 aliphatic carbocycles. The summed E-state index contributed by atoms with van der Waals surface area (Å²) in [6.07, 6.45) is 3.66. The van der Waals surface area contributed by atoms with Crippen LogP contribution in [0, 0.1) is 5.92 Å². The molecule has 3 rings (SSSR count). The average molecular weight is 312 g/mol. The Labute approximate surface area is 135 Å². The highest BCUT2D eigenvalue weighted by Crippen LogP contribution is 2.35. The number of para-hydroxylation sites is 1. The molecule has 1 aliphatic heterocycles. The van der Waals surface area contributed by atoms with E-state index >= 15 is 0 Å².